The van der Waals surface area contributed by atoms with E-state index in [4.69, 9.17) is 14.6 Å². The van der Waals surface area contributed by atoms with Gasteiger partial charge in [0.25, 0.3) is 0 Å². The standard InChI is InChI=1S/C31H31FN4O3S/c1-4-16-38-29(37)27-21(3)33-30-34-31(40-19-24-8-5-6-11-26(24)32)35-36(30)28(27)23-9-7-10-25(17-23)39-18-22-14-12-20(2)13-15-22/h5-15,17,28H,4,16,18-19H2,1-3H3,(H,33,34,35). The average Bonchev–Trinajstić information content (AvgIpc) is 3.37. The van der Waals surface area contributed by atoms with Crippen LogP contribution in [0.5, 0.6) is 5.75 Å². The minimum absolute atomic E-state index is 0.268. The number of thioether (sulfide) groups is 1. The molecule has 7 nitrogen and oxygen atoms in total. The number of aromatic nitrogens is 3. The molecule has 1 aliphatic heterocycles. The van der Waals surface area contributed by atoms with Crippen molar-refractivity contribution in [2.75, 3.05) is 11.9 Å². The van der Waals surface area contributed by atoms with Crippen molar-refractivity contribution in [1.82, 2.24) is 14.8 Å². The second-order valence-corrected chi connectivity index (χ2v) is 10.5. The van der Waals surface area contributed by atoms with Crippen LogP contribution in [0.25, 0.3) is 0 Å². The van der Waals surface area contributed by atoms with Gasteiger partial charge in [-0.25, -0.2) is 13.9 Å². The summed E-state index contributed by atoms with van der Waals surface area (Å²) in [7, 11) is 0. The summed E-state index contributed by atoms with van der Waals surface area (Å²) in [6.45, 7) is 6.57. The van der Waals surface area contributed by atoms with Gasteiger partial charge in [0.2, 0.25) is 11.1 Å². The molecule has 5 rings (SSSR count). The molecule has 0 bridgehead atoms. The van der Waals surface area contributed by atoms with E-state index in [9.17, 15) is 9.18 Å². The van der Waals surface area contributed by atoms with Crippen molar-refractivity contribution in [3.63, 3.8) is 0 Å². The van der Waals surface area contributed by atoms with E-state index in [1.807, 2.05) is 57.2 Å². The Bertz CT molecular complexity index is 1530. The SMILES string of the molecule is CCCOC(=O)C1=C(C)Nc2nc(SCc3ccccc3F)nn2C1c1cccc(OCc2ccc(C)cc2)c1. The van der Waals surface area contributed by atoms with Crippen LogP contribution < -0.4 is 10.1 Å². The molecule has 0 aliphatic carbocycles. The Morgan fingerprint density at radius 2 is 1.88 bits per heavy atom. The number of ether oxygens (including phenoxy) is 2. The monoisotopic (exact) mass is 558 g/mol. The number of carbonyl (C=O) groups excluding carboxylic acids is 1. The van der Waals surface area contributed by atoms with Gasteiger partial charge >= 0.3 is 5.97 Å². The number of allylic oxidation sites excluding steroid dienone is 1. The number of hydrogen-bond acceptors (Lipinski definition) is 7. The molecule has 1 aliphatic rings. The summed E-state index contributed by atoms with van der Waals surface area (Å²) in [5, 5.41) is 8.42. The highest BCUT2D eigenvalue weighted by atomic mass is 32.2. The molecule has 1 atom stereocenters. The number of benzene rings is 3. The highest BCUT2D eigenvalue weighted by Crippen LogP contribution is 2.38. The third-order valence-corrected chi connectivity index (χ3v) is 7.39. The number of rotatable bonds is 10. The Morgan fingerprint density at radius 3 is 2.65 bits per heavy atom. The summed E-state index contributed by atoms with van der Waals surface area (Å²) in [6.07, 6.45) is 0.712. The molecule has 0 amide bonds. The van der Waals surface area contributed by atoms with E-state index in [0.717, 1.165) is 11.1 Å². The number of fused-ring (bicyclic) bond motifs is 1. The molecule has 4 aromatic rings. The Morgan fingerprint density at radius 1 is 1.07 bits per heavy atom. The fourth-order valence-corrected chi connectivity index (χ4v) is 5.24. The molecule has 0 radical (unpaired) electrons. The predicted octanol–water partition coefficient (Wildman–Crippen LogP) is 6.84. The van der Waals surface area contributed by atoms with Crippen molar-refractivity contribution < 1.29 is 18.7 Å². The molecule has 1 unspecified atom stereocenters. The maximum atomic E-state index is 14.2. The Hall–Kier alpha value is -4.11. The molecule has 40 heavy (non-hydrogen) atoms. The molecular weight excluding hydrogens is 527 g/mol. The lowest BCUT2D eigenvalue weighted by Crippen LogP contribution is -2.29. The van der Waals surface area contributed by atoms with Crippen LogP contribution in [-0.4, -0.2) is 27.3 Å². The Balaban J connectivity index is 1.45. The first kappa shape index (κ1) is 27.5. The predicted molar refractivity (Wildman–Crippen MR) is 154 cm³/mol. The van der Waals surface area contributed by atoms with Crippen LogP contribution in [0.2, 0.25) is 0 Å². The maximum Gasteiger partial charge on any atom is 0.338 e. The molecular formula is C31H31FN4O3S. The minimum atomic E-state index is -0.584. The first-order valence-electron chi connectivity index (χ1n) is 13.2. The van der Waals surface area contributed by atoms with Gasteiger partial charge in [-0.05, 0) is 55.2 Å². The lowest BCUT2D eigenvalue weighted by atomic mass is 9.95. The summed E-state index contributed by atoms with van der Waals surface area (Å²) >= 11 is 1.33. The number of anilines is 1. The van der Waals surface area contributed by atoms with Crippen LogP contribution in [0.4, 0.5) is 10.3 Å². The van der Waals surface area contributed by atoms with Gasteiger partial charge in [0.05, 0.1) is 12.2 Å². The molecule has 0 saturated carbocycles. The number of hydrogen-bond donors (Lipinski definition) is 1. The van der Waals surface area contributed by atoms with Crippen LogP contribution in [0, 0.1) is 12.7 Å². The zero-order valence-electron chi connectivity index (χ0n) is 22.7. The highest BCUT2D eigenvalue weighted by Gasteiger charge is 2.35. The number of nitrogens with zero attached hydrogens (tertiary/aromatic N) is 3. The summed E-state index contributed by atoms with van der Waals surface area (Å²) in [5.41, 5.74) is 4.72. The van der Waals surface area contributed by atoms with E-state index >= 15 is 0 Å². The summed E-state index contributed by atoms with van der Waals surface area (Å²) < 4.78 is 27.5. The molecule has 206 valence electrons. The van der Waals surface area contributed by atoms with Crippen LogP contribution in [0.15, 0.2) is 89.2 Å². The number of aryl methyl sites for hydroxylation is 1. The second-order valence-electron chi connectivity index (χ2n) is 9.59. The fraction of sp³-hybridized carbons (Fsp3) is 0.258. The van der Waals surface area contributed by atoms with E-state index in [2.05, 4.69) is 22.4 Å². The zero-order valence-corrected chi connectivity index (χ0v) is 23.5. The van der Waals surface area contributed by atoms with Gasteiger partial charge in [0, 0.05) is 11.4 Å². The van der Waals surface area contributed by atoms with Crippen molar-refractivity contribution in [2.24, 2.45) is 0 Å². The molecule has 2 heterocycles. The second kappa shape index (κ2) is 12.4. The third-order valence-electron chi connectivity index (χ3n) is 6.50. The van der Waals surface area contributed by atoms with Gasteiger partial charge in [-0.15, -0.1) is 5.10 Å². The van der Waals surface area contributed by atoms with E-state index in [1.54, 1.807) is 22.9 Å². The smallest absolute Gasteiger partial charge is 0.338 e. The lowest BCUT2D eigenvalue weighted by Gasteiger charge is -2.28. The van der Waals surface area contributed by atoms with Crippen LogP contribution in [0.1, 0.15) is 48.6 Å². The van der Waals surface area contributed by atoms with Gasteiger partial charge in [0.1, 0.15) is 24.2 Å². The number of carbonyl (C=O) groups is 1. The van der Waals surface area contributed by atoms with Crippen LogP contribution in [-0.2, 0) is 21.9 Å². The lowest BCUT2D eigenvalue weighted by molar-refractivity contribution is -0.139. The maximum absolute atomic E-state index is 14.2. The molecule has 1 N–H and O–H groups in total. The number of nitrogens with one attached hydrogen (secondary N) is 1. The molecule has 0 saturated heterocycles. The first-order valence-corrected chi connectivity index (χ1v) is 14.2. The van der Waals surface area contributed by atoms with Crippen molar-refractivity contribution in [3.05, 3.63) is 112 Å². The van der Waals surface area contributed by atoms with Gasteiger partial charge in [-0.2, -0.15) is 4.98 Å². The highest BCUT2D eigenvalue weighted by molar-refractivity contribution is 7.98. The van der Waals surface area contributed by atoms with Gasteiger partial charge in [-0.3, -0.25) is 0 Å². The topological polar surface area (TPSA) is 78.3 Å². The average molecular weight is 559 g/mol. The largest absolute Gasteiger partial charge is 0.489 e. The van der Waals surface area contributed by atoms with E-state index in [1.165, 1.54) is 23.4 Å². The summed E-state index contributed by atoms with van der Waals surface area (Å²) in [5.74, 6) is 0.865. The minimum Gasteiger partial charge on any atom is -0.489 e. The molecule has 1 aromatic heterocycles. The third kappa shape index (κ3) is 6.20. The van der Waals surface area contributed by atoms with E-state index < -0.39 is 12.0 Å². The van der Waals surface area contributed by atoms with Crippen molar-refractivity contribution >= 4 is 23.7 Å². The molecule has 3 aromatic carbocycles. The van der Waals surface area contributed by atoms with E-state index in [-0.39, 0.29) is 5.82 Å². The van der Waals surface area contributed by atoms with Crippen LogP contribution >= 0.6 is 11.8 Å². The Labute approximate surface area is 237 Å². The number of esters is 1. The zero-order chi connectivity index (χ0) is 28.1. The van der Waals surface area contributed by atoms with Crippen molar-refractivity contribution in [3.8, 4) is 5.75 Å². The molecule has 9 heteroatoms. The normalized spacial score (nSPS) is 14.4. The summed E-state index contributed by atoms with van der Waals surface area (Å²) in [4.78, 5) is 17.9. The number of halogens is 1. The Kier molecular flexibility index (Phi) is 8.50. The van der Waals surface area contributed by atoms with Crippen molar-refractivity contribution in [2.45, 2.75) is 50.8 Å². The fourth-order valence-electron chi connectivity index (χ4n) is 4.42. The van der Waals surface area contributed by atoms with Crippen molar-refractivity contribution in [1.29, 1.82) is 0 Å². The molecule has 0 fully saturated rings. The van der Waals surface area contributed by atoms with Gasteiger partial charge in [0.15, 0.2) is 0 Å². The first-order chi connectivity index (χ1) is 19.4. The van der Waals surface area contributed by atoms with E-state index in [0.29, 0.717) is 59.1 Å². The molecule has 0 spiro atoms. The van der Waals surface area contributed by atoms with Gasteiger partial charge < -0.3 is 14.8 Å². The summed E-state index contributed by atoms with van der Waals surface area (Å²) in [6, 6.07) is 21.9. The quantitative estimate of drug-likeness (QED) is 0.169. The van der Waals surface area contributed by atoms with Gasteiger partial charge in [-0.1, -0.05) is 78.8 Å². The van der Waals surface area contributed by atoms with Crippen LogP contribution in [0.3, 0.4) is 0 Å².